The van der Waals surface area contributed by atoms with Gasteiger partial charge in [0.1, 0.15) is 10.6 Å². The summed E-state index contributed by atoms with van der Waals surface area (Å²) in [7, 11) is -2.28. The highest BCUT2D eigenvalue weighted by molar-refractivity contribution is 7.92. The smallest absolute Gasteiger partial charge is 0.265 e. The Morgan fingerprint density at radius 3 is 2.81 bits per heavy atom. The number of pyridine rings is 1. The van der Waals surface area contributed by atoms with Crippen molar-refractivity contribution >= 4 is 21.2 Å². The van der Waals surface area contributed by atoms with Crippen LogP contribution in [0.2, 0.25) is 0 Å². The molecule has 0 fully saturated rings. The molecule has 0 aliphatic heterocycles. The van der Waals surface area contributed by atoms with Crippen molar-refractivity contribution in [1.29, 1.82) is 0 Å². The highest BCUT2D eigenvalue weighted by Crippen LogP contribution is 2.25. The van der Waals surface area contributed by atoms with Gasteiger partial charge < -0.3 is 4.74 Å². The molecule has 6 nitrogen and oxygen atoms in total. The molecule has 0 bridgehead atoms. The Morgan fingerprint density at radius 1 is 1.19 bits per heavy atom. The van der Waals surface area contributed by atoms with Crippen molar-refractivity contribution in [2.45, 2.75) is 4.90 Å². The average Bonchev–Trinajstić information content (AvgIpc) is 2.94. The lowest BCUT2D eigenvalue weighted by Gasteiger charge is -2.11. The minimum atomic E-state index is -3.71. The van der Waals surface area contributed by atoms with Crippen LogP contribution < -0.4 is 9.46 Å². The lowest BCUT2D eigenvalue weighted by Crippen LogP contribution is -2.14. The number of benzene rings is 1. The fourth-order valence-corrected chi connectivity index (χ4v) is 3.26. The second-order valence-corrected chi connectivity index (χ2v) is 6.02. The summed E-state index contributed by atoms with van der Waals surface area (Å²) in [6.07, 6.45) is 3.34. The molecule has 0 aliphatic rings. The van der Waals surface area contributed by atoms with Crippen LogP contribution in [0, 0.1) is 0 Å². The lowest BCUT2D eigenvalue weighted by molar-refractivity contribution is 0.403. The Balaban J connectivity index is 1.98. The molecule has 0 atom stereocenters. The lowest BCUT2D eigenvalue weighted by atomic mass is 10.3. The minimum absolute atomic E-state index is 0.0980. The number of fused-ring (bicyclic) bond motifs is 1. The van der Waals surface area contributed by atoms with E-state index < -0.39 is 10.0 Å². The Kier molecular flexibility index (Phi) is 3.26. The summed E-state index contributed by atoms with van der Waals surface area (Å²) in [4.78, 5) is 0.0980. The molecule has 21 heavy (non-hydrogen) atoms. The molecule has 0 amide bonds. The standard InChI is InChI=1S/C14H13N3O3S/c1-20-13-4-2-3-5-14(13)21(18,19)16-11-7-9-17-12(10-11)6-8-15-17/h2-10,16H,1H3. The van der Waals surface area contributed by atoms with Gasteiger partial charge in [-0.3, -0.25) is 4.72 Å². The maximum absolute atomic E-state index is 12.4. The topological polar surface area (TPSA) is 72.7 Å². The Hall–Kier alpha value is -2.54. The Bertz CT molecular complexity index is 887. The number of anilines is 1. The predicted octanol–water partition coefficient (Wildman–Crippen LogP) is 2.14. The summed E-state index contributed by atoms with van der Waals surface area (Å²) < 4.78 is 34.2. The number of rotatable bonds is 4. The van der Waals surface area contributed by atoms with Crippen LogP contribution in [0.3, 0.4) is 0 Å². The van der Waals surface area contributed by atoms with E-state index in [-0.39, 0.29) is 4.90 Å². The van der Waals surface area contributed by atoms with Crippen molar-refractivity contribution in [2.24, 2.45) is 0 Å². The number of sulfonamides is 1. The molecule has 0 aliphatic carbocycles. The van der Waals surface area contributed by atoms with Gasteiger partial charge in [-0.15, -0.1) is 0 Å². The molecule has 0 unspecified atom stereocenters. The van der Waals surface area contributed by atoms with E-state index in [4.69, 9.17) is 4.74 Å². The van der Waals surface area contributed by atoms with E-state index in [2.05, 4.69) is 9.82 Å². The van der Waals surface area contributed by atoms with E-state index in [1.807, 2.05) is 0 Å². The monoisotopic (exact) mass is 303 g/mol. The summed E-state index contributed by atoms with van der Waals surface area (Å²) in [5.41, 5.74) is 1.27. The van der Waals surface area contributed by atoms with Crippen molar-refractivity contribution < 1.29 is 13.2 Å². The Morgan fingerprint density at radius 2 is 2.00 bits per heavy atom. The van der Waals surface area contributed by atoms with Crippen LogP contribution in [-0.4, -0.2) is 25.1 Å². The molecular weight excluding hydrogens is 290 g/mol. The van der Waals surface area contributed by atoms with Crippen LogP contribution in [0.4, 0.5) is 5.69 Å². The van der Waals surface area contributed by atoms with Crippen LogP contribution in [0.1, 0.15) is 0 Å². The van der Waals surface area contributed by atoms with Crippen molar-refractivity contribution in [3.05, 3.63) is 54.9 Å². The summed E-state index contributed by atoms with van der Waals surface area (Å²) in [6.45, 7) is 0. The number of aromatic nitrogens is 2. The van der Waals surface area contributed by atoms with Gasteiger partial charge in [-0.25, -0.2) is 12.9 Å². The maximum atomic E-state index is 12.4. The molecule has 1 N–H and O–H groups in total. The zero-order valence-electron chi connectivity index (χ0n) is 11.2. The first kappa shape index (κ1) is 13.4. The zero-order valence-corrected chi connectivity index (χ0v) is 12.0. The largest absolute Gasteiger partial charge is 0.495 e. The molecule has 3 aromatic rings. The Labute approximate surface area is 122 Å². The molecule has 7 heteroatoms. The maximum Gasteiger partial charge on any atom is 0.265 e. The molecule has 0 saturated carbocycles. The van der Waals surface area contributed by atoms with Crippen molar-refractivity contribution in [1.82, 2.24) is 9.61 Å². The van der Waals surface area contributed by atoms with Crippen LogP contribution in [0.5, 0.6) is 5.75 Å². The van der Waals surface area contributed by atoms with Crippen molar-refractivity contribution in [2.75, 3.05) is 11.8 Å². The van der Waals surface area contributed by atoms with Gasteiger partial charge in [0.05, 0.1) is 18.3 Å². The molecule has 0 saturated heterocycles. The molecule has 0 radical (unpaired) electrons. The van der Waals surface area contributed by atoms with E-state index >= 15 is 0 Å². The van der Waals surface area contributed by atoms with Crippen LogP contribution >= 0.6 is 0 Å². The first-order valence-corrected chi connectivity index (χ1v) is 7.68. The number of hydrogen-bond acceptors (Lipinski definition) is 4. The molecule has 2 aromatic heterocycles. The first-order chi connectivity index (χ1) is 10.1. The van der Waals surface area contributed by atoms with Gasteiger partial charge in [0, 0.05) is 12.4 Å². The second kappa shape index (κ2) is 5.10. The summed E-state index contributed by atoms with van der Waals surface area (Å²) in [5, 5.41) is 4.06. The number of para-hydroxylation sites is 1. The van der Waals surface area contributed by atoms with Crippen LogP contribution in [-0.2, 0) is 10.0 Å². The van der Waals surface area contributed by atoms with E-state index in [1.165, 1.54) is 13.2 Å². The third kappa shape index (κ3) is 2.55. The normalized spacial score (nSPS) is 11.5. The van der Waals surface area contributed by atoms with Gasteiger partial charge in [-0.05, 0) is 30.3 Å². The number of hydrogen-bond donors (Lipinski definition) is 1. The highest BCUT2D eigenvalue weighted by atomic mass is 32.2. The van der Waals surface area contributed by atoms with E-state index in [9.17, 15) is 8.42 Å². The predicted molar refractivity (Wildman–Crippen MR) is 79.0 cm³/mol. The SMILES string of the molecule is COc1ccccc1S(=O)(=O)Nc1ccn2nccc2c1. The number of nitrogens with zero attached hydrogens (tertiary/aromatic N) is 2. The fourth-order valence-electron chi connectivity index (χ4n) is 2.04. The third-order valence-electron chi connectivity index (χ3n) is 3.01. The molecule has 1 aromatic carbocycles. The number of methoxy groups -OCH3 is 1. The molecular formula is C14H13N3O3S. The third-order valence-corrected chi connectivity index (χ3v) is 4.43. The van der Waals surface area contributed by atoms with E-state index in [0.29, 0.717) is 11.4 Å². The molecule has 0 spiro atoms. The second-order valence-electron chi connectivity index (χ2n) is 4.37. The summed E-state index contributed by atoms with van der Waals surface area (Å²) >= 11 is 0. The van der Waals surface area contributed by atoms with Crippen LogP contribution in [0.25, 0.3) is 5.52 Å². The summed E-state index contributed by atoms with van der Waals surface area (Å²) in [6, 6.07) is 11.6. The van der Waals surface area contributed by atoms with E-state index in [0.717, 1.165) is 5.52 Å². The van der Waals surface area contributed by atoms with Crippen molar-refractivity contribution in [3.8, 4) is 5.75 Å². The molecule has 108 valence electrons. The molecule has 2 heterocycles. The van der Waals surface area contributed by atoms with E-state index in [1.54, 1.807) is 53.3 Å². The zero-order chi connectivity index (χ0) is 14.9. The number of nitrogens with one attached hydrogen (secondary N) is 1. The summed E-state index contributed by atoms with van der Waals surface area (Å²) in [5.74, 6) is 0.301. The number of ether oxygens (including phenoxy) is 1. The first-order valence-electron chi connectivity index (χ1n) is 6.19. The highest BCUT2D eigenvalue weighted by Gasteiger charge is 2.19. The van der Waals surface area contributed by atoms with Gasteiger partial charge in [-0.1, -0.05) is 12.1 Å². The van der Waals surface area contributed by atoms with Gasteiger partial charge in [0.15, 0.2) is 0 Å². The fraction of sp³-hybridized carbons (Fsp3) is 0.0714. The van der Waals surface area contributed by atoms with Gasteiger partial charge >= 0.3 is 0 Å². The van der Waals surface area contributed by atoms with Crippen LogP contribution in [0.15, 0.2) is 59.8 Å². The van der Waals surface area contributed by atoms with Gasteiger partial charge in [0.2, 0.25) is 0 Å². The quantitative estimate of drug-likeness (QED) is 0.801. The van der Waals surface area contributed by atoms with Gasteiger partial charge in [0.25, 0.3) is 10.0 Å². The minimum Gasteiger partial charge on any atom is -0.495 e. The van der Waals surface area contributed by atoms with Gasteiger partial charge in [-0.2, -0.15) is 5.10 Å². The average molecular weight is 303 g/mol. The van der Waals surface area contributed by atoms with Crippen molar-refractivity contribution in [3.63, 3.8) is 0 Å². The molecule has 3 rings (SSSR count).